The van der Waals surface area contributed by atoms with E-state index in [1.807, 2.05) is 12.1 Å². The molecule has 1 unspecified atom stereocenters. The minimum absolute atomic E-state index is 0.0292. The summed E-state index contributed by atoms with van der Waals surface area (Å²) in [4.78, 5) is 0. The first-order valence-corrected chi connectivity index (χ1v) is 6.90. The molecule has 0 saturated carbocycles. The van der Waals surface area contributed by atoms with Gasteiger partial charge in [-0.1, -0.05) is 20.8 Å². The summed E-state index contributed by atoms with van der Waals surface area (Å²) in [5.41, 5.74) is 1.22. The molecule has 1 rings (SSSR count). The topological polar surface area (TPSA) is 30.5 Å². The molecule has 108 valence electrons. The molecule has 1 aromatic carbocycles. The highest BCUT2D eigenvalue weighted by atomic mass is 16.5. The van der Waals surface area contributed by atoms with E-state index in [0.717, 1.165) is 24.5 Å². The van der Waals surface area contributed by atoms with Crippen LogP contribution in [0.5, 0.6) is 11.5 Å². The molecule has 0 spiro atoms. The summed E-state index contributed by atoms with van der Waals surface area (Å²) in [7, 11) is 3.41. The maximum atomic E-state index is 5.50. The Kier molecular flexibility index (Phi) is 5.67. The lowest BCUT2D eigenvalue weighted by Gasteiger charge is -2.30. The van der Waals surface area contributed by atoms with Gasteiger partial charge in [0.15, 0.2) is 0 Å². The fourth-order valence-electron chi connectivity index (χ4n) is 2.64. The van der Waals surface area contributed by atoms with E-state index in [9.17, 15) is 0 Å². The van der Waals surface area contributed by atoms with Crippen LogP contribution in [0.25, 0.3) is 0 Å². The highest BCUT2D eigenvalue weighted by molar-refractivity contribution is 5.44. The van der Waals surface area contributed by atoms with Crippen LogP contribution in [0, 0.1) is 0 Å². The largest absolute Gasteiger partial charge is 0.497 e. The van der Waals surface area contributed by atoms with Crippen molar-refractivity contribution < 1.29 is 9.47 Å². The summed E-state index contributed by atoms with van der Waals surface area (Å²) < 4.78 is 10.8. The van der Waals surface area contributed by atoms with Crippen molar-refractivity contribution in [2.24, 2.45) is 0 Å². The molecule has 0 heterocycles. The molecule has 0 aliphatic carbocycles. The van der Waals surface area contributed by atoms with E-state index in [-0.39, 0.29) is 5.41 Å². The van der Waals surface area contributed by atoms with E-state index < -0.39 is 0 Å². The molecule has 1 atom stereocenters. The third kappa shape index (κ3) is 4.13. The van der Waals surface area contributed by atoms with Gasteiger partial charge in [-0.2, -0.15) is 0 Å². The van der Waals surface area contributed by atoms with Gasteiger partial charge >= 0.3 is 0 Å². The van der Waals surface area contributed by atoms with Gasteiger partial charge in [0.05, 0.1) is 14.2 Å². The molecule has 0 aromatic heterocycles. The Morgan fingerprint density at radius 1 is 1.21 bits per heavy atom. The third-order valence-corrected chi connectivity index (χ3v) is 3.50. The number of rotatable bonds is 7. The van der Waals surface area contributed by atoms with Crippen molar-refractivity contribution in [2.75, 3.05) is 20.8 Å². The van der Waals surface area contributed by atoms with Crippen molar-refractivity contribution in [1.82, 2.24) is 5.32 Å². The molecule has 3 nitrogen and oxygen atoms in total. The molecular weight excluding hydrogens is 238 g/mol. The second-order valence-corrected chi connectivity index (χ2v) is 5.61. The smallest absolute Gasteiger partial charge is 0.122 e. The molecule has 0 aliphatic heterocycles. The molecule has 0 aliphatic rings. The lowest BCUT2D eigenvalue weighted by atomic mass is 9.78. The number of benzene rings is 1. The van der Waals surface area contributed by atoms with Crippen LogP contribution in [-0.2, 0) is 5.41 Å². The molecule has 0 radical (unpaired) electrons. The third-order valence-electron chi connectivity index (χ3n) is 3.50. The van der Waals surface area contributed by atoms with Gasteiger partial charge in [0.1, 0.15) is 11.5 Å². The fourth-order valence-corrected chi connectivity index (χ4v) is 2.64. The Morgan fingerprint density at radius 2 is 1.89 bits per heavy atom. The first kappa shape index (κ1) is 15.8. The number of ether oxygens (including phenoxy) is 2. The zero-order chi connectivity index (χ0) is 14.5. The molecule has 0 bridgehead atoms. The van der Waals surface area contributed by atoms with Gasteiger partial charge in [0.25, 0.3) is 0 Å². The van der Waals surface area contributed by atoms with Crippen molar-refractivity contribution in [2.45, 2.75) is 45.6 Å². The minimum atomic E-state index is 0.0292. The number of hydrogen-bond acceptors (Lipinski definition) is 3. The van der Waals surface area contributed by atoms with Gasteiger partial charge in [-0.3, -0.25) is 0 Å². The van der Waals surface area contributed by atoms with Gasteiger partial charge in [0, 0.05) is 11.6 Å². The fraction of sp³-hybridized carbons (Fsp3) is 0.625. The molecule has 0 fully saturated rings. The van der Waals surface area contributed by atoms with Gasteiger partial charge in [0.2, 0.25) is 0 Å². The second kappa shape index (κ2) is 6.80. The molecule has 0 saturated heterocycles. The molecular formula is C16H27NO2. The first-order chi connectivity index (χ1) is 8.94. The second-order valence-electron chi connectivity index (χ2n) is 5.61. The summed E-state index contributed by atoms with van der Waals surface area (Å²) in [6, 6.07) is 6.47. The van der Waals surface area contributed by atoms with Gasteiger partial charge < -0.3 is 14.8 Å². The average Bonchev–Trinajstić information content (AvgIpc) is 2.37. The van der Waals surface area contributed by atoms with Gasteiger partial charge in [-0.05, 0) is 43.5 Å². The van der Waals surface area contributed by atoms with E-state index in [2.05, 4.69) is 39.1 Å². The maximum Gasteiger partial charge on any atom is 0.122 e. The zero-order valence-electron chi connectivity index (χ0n) is 13.0. The molecule has 1 aromatic rings. The highest BCUT2D eigenvalue weighted by Crippen LogP contribution is 2.37. The van der Waals surface area contributed by atoms with E-state index in [0.29, 0.717) is 6.04 Å². The first-order valence-electron chi connectivity index (χ1n) is 6.90. The van der Waals surface area contributed by atoms with Crippen LogP contribution in [0.4, 0.5) is 0 Å². The Bertz CT molecular complexity index is 402. The SMILES string of the molecule is CCNC(C)CC(C)(C)c1cc(OC)ccc1OC. The van der Waals surface area contributed by atoms with E-state index >= 15 is 0 Å². The monoisotopic (exact) mass is 265 g/mol. The van der Waals surface area contributed by atoms with E-state index in [4.69, 9.17) is 9.47 Å². The Balaban J connectivity index is 3.03. The van der Waals surface area contributed by atoms with Crippen LogP contribution < -0.4 is 14.8 Å². The minimum Gasteiger partial charge on any atom is -0.497 e. The molecule has 0 amide bonds. The standard InChI is InChI=1S/C16H27NO2/c1-7-17-12(2)11-16(3,4)14-10-13(18-5)8-9-15(14)19-6/h8-10,12,17H,7,11H2,1-6H3. The lowest BCUT2D eigenvalue weighted by Crippen LogP contribution is -2.33. The summed E-state index contributed by atoms with van der Waals surface area (Å²) in [6.45, 7) is 9.84. The summed E-state index contributed by atoms with van der Waals surface area (Å²) in [6.07, 6.45) is 1.05. The zero-order valence-corrected chi connectivity index (χ0v) is 13.0. The van der Waals surface area contributed by atoms with Gasteiger partial charge in [-0.25, -0.2) is 0 Å². The maximum absolute atomic E-state index is 5.50. The highest BCUT2D eigenvalue weighted by Gasteiger charge is 2.27. The summed E-state index contributed by atoms with van der Waals surface area (Å²) in [5, 5.41) is 3.47. The number of methoxy groups -OCH3 is 2. The average molecular weight is 265 g/mol. The van der Waals surface area contributed by atoms with Crippen LogP contribution in [0.15, 0.2) is 18.2 Å². The van der Waals surface area contributed by atoms with Crippen molar-refractivity contribution in [1.29, 1.82) is 0 Å². The van der Waals surface area contributed by atoms with Crippen LogP contribution in [0.3, 0.4) is 0 Å². The summed E-state index contributed by atoms with van der Waals surface area (Å²) in [5.74, 6) is 1.80. The quantitative estimate of drug-likeness (QED) is 0.820. The normalized spacial score (nSPS) is 13.2. The Labute approximate surface area is 117 Å². The van der Waals surface area contributed by atoms with Crippen molar-refractivity contribution >= 4 is 0 Å². The summed E-state index contributed by atoms with van der Waals surface area (Å²) >= 11 is 0. The van der Waals surface area contributed by atoms with Crippen LogP contribution in [0.1, 0.15) is 39.7 Å². The van der Waals surface area contributed by atoms with Crippen LogP contribution in [0.2, 0.25) is 0 Å². The predicted octanol–water partition coefficient (Wildman–Crippen LogP) is 3.37. The molecule has 1 N–H and O–H groups in total. The predicted molar refractivity (Wildman–Crippen MR) is 80.3 cm³/mol. The van der Waals surface area contributed by atoms with E-state index in [1.165, 1.54) is 5.56 Å². The van der Waals surface area contributed by atoms with E-state index in [1.54, 1.807) is 14.2 Å². The molecule has 19 heavy (non-hydrogen) atoms. The Hall–Kier alpha value is -1.22. The van der Waals surface area contributed by atoms with Crippen LogP contribution in [-0.4, -0.2) is 26.8 Å². The number of hydrogen-bond donors (Lipinski definition) is 1. The van der Waals surface area contributed by atoms with Gasteiger partial charge in [-0.15, -0.1) is 0 Å². The Morgan fingerprint density at radius 3 is 2.42 bits per heavy atom. The van der Waals surface area contributed by atoms with Crippen molar-refractivity contribution in [3.05, 3.63) is 23.8 Å². The van der Waals surface area contributed by atoms with Crippen molar-refractivity contribution in [3.63, 3.8) is 0 Å². The van der Waals surface area contributed by atoms with Crippen molar-refractivity contribution in [3.8, 4) is 11.5 Å². The number of nitrogens with one attached hydrogen (secondary N) is 1. The van der Waals surface area contributed by atoms with Crippen LogP contribution >= 0.6 is 0 Å². The lowest BCUT2D eigenvalue weighted by molar-refractivity contribution is 0.356. The molecule has 3 heteroatoms.